The smallest absolute Gasteiger partial charge is 0.462 e. The van der Waals surface area contributed by atoms with Crippen molar-refractivity contribution in [3.8, 4) is 0 Å². The average Bonchev–Trinajstić information content (AvgIpc) is 3.10. The fraction of sp³-hybridized carbons (Fsp3) is 0.953. The zero-order valence-corrected chi connectivity index (χ0v) is 36.4. The monoisotopic (exact) mass is 777 g/mol. The van der Waals surface area contributed by atoms with Crippen LogP contribution in [0.1, 0.15) is 213 Å². The van der Waals surface area contributed by atoms with Crippen LogP contribution < -0.4 is 0 Å². The molecule has 0 aromatic heterocycles. The van der Waals surface area contributed by atoms with Gasteiger partial charge in [-0.1, -0.05) is 187 Å². The molecule has 316 valence electrons. The van der Waals surface area contributed by atoms with Crippen molar-refractivity contribution in [3.63, 3.8) is 0 Å². The first kappa shape index (κ1) is 52.0. The summed E-state index contributed by atoms with van der Waals surface area (Å²) in [6.07, 6.45) is 35.9. The molecule has 0 fully saturated rings. The number of hydrogen-bond acceptors (Lipinski definition) is 7. The lowest BCUT2D eigenvalue weighted by molar-refractivity contribution is -0.870. The second-order valence-electron chi connectivity index (χ2n) is 16.5. The average molecular weight is 777 g/mol. The van der Waals surface area contributed by atoms with E-state index < -0.39 is 26.5 Å². The minimum Gasteiger partial charge on any atom is -0.462 e. The number of ether oxygens (including phenoxy) is 2. The molecule has 0 aliphatic carbocycles. The minimum absolute atomic E-state index is 0.0366. The Balaban J connectivity index is 4.21. The first-order valence-corrected chi connectivity index (χ1v) is 23.8. The van der Waals surface area contributed by atoms with E-state index in [1.165, 1.54) is 148 Å². The number of carbonyl (C=O) groups is 2. The fourth-order valence-electron chi connectivity index (χ4n) is 6.37. The molecule has 0 spiro atoms. The molecule has 0 aromatic rings. The Morgan fingerprint density at radius 1 is 0.509 bits per heavy atom. The van der Waals surface area contributed by atoms with Crippen LogP contribution in [0.5, 0.6) is 0 Å². The molecule has 9 nitrogen and oxygen atoms in total. The van der Waals surface area contributed by atoms with Crippen molar-refractivity contribution in [2.45, 2.75) is 219 Å². The predicted molar refractivity (Wildman–Crippen MR) is 220 cm³/mol. The van der Waals surface area contributed by atoms with Crippen LogP contribution in [0.15, 0.2) is 0 Å². The number of phosphoric acid groups is 1. The number of carbonyl (C=O) groups excluding carboxylic acids is 2. The Hall–Kier alpha value is -0.990. The normalized spacial score (nSPS) is 13.5. The topological polar surface area (TPSA) is 108 Å². The molecule has 53 heavy (non-hydrogen) atoms. The number of rotatable bonds is 41. The van der Waals surface area contributed by atoms with Crippen LogP contribution in [0.2, 0.25) is 0 Å². The third kappa shape index (κ3) is 40.5. The molecule has 2 unspecified atom stereocenters. The van der Waals surface area contributed by atoms with Gasteiger partial charge in [-0.2, -0.15) is 0 Å². The molecule has 0 aliphatic rings. The maximum absolute atomic E-state index is 12.7. The Bertz CT molecular complexity index is 881. The highest BCUT2D eigenvalue weighted by Gasteiger charge is 2.27. The van der Waals surface area contributed by atoms with Crippen molar-refractivity contribution in [1.29, 1.82) is 0 Å². The van der Waals surface area contributed by atoms with E-state index in [-0.39, 0.29) is 25.6 Å². The second kappa shape index (κ2) is 36.6. The summed E-state index contributed by atoms with van der Waals surface area (Å²) >= 11 is 0. The van der Waals surface area contributed by atoms with Gasteiger partial charge in [-0.05, 0) is 12.8 Å². The van der Waals surface area contributed by atoms with Crippen molar-refractivity contribution < 1.29 is 42.1 Å². The molecule has 0 radical (unpaired) electrons. The van der Waals surface area contributed by atoms with E-state index in [2.05, 4.69) is 13.8 Å². The van der Waals surface area contributed by atoms with E-state index in [0.29, 0.717) is 17.4 Å². The Kier molecular flexibility index (Phi) is 36.0. The number of hydrogen-bond donors (Lipinski definition) is 1. The van der Waals surface area contributed by atoms with Gasteiger partial charge in [0.2, 0.25) is 0 Å². The Morgan fingerprint density at radius 2 is 0.849 bits per heavy atom. The molecule has 0 rings (SSSR count). The van der Waals surface area contributed by atoms with Gasteiger partial charge in [0.1, 0.15) is 19.8 Å². The van der Waals surface area contributed by atoms with Crippen molar-refractivity contribution in [1.82, 2.24) is 0 Å². The third-order valence-corrected chi connectivity index (χ3v) is 10.9. The molecule has 1 N–H and O–H groups in total. The molecule has 0 aliphatic heterocycles. The van der Waals surface area contributed by atoms with Crippen molar-refractivity contribution in [3.05, 3.63) is 0 Å². The van der Waals surface area contributed by atoms with Gasteiger partial charge in [-0.15, -0.1) is 0 Å². The van der Waals surface area contributed by atoms with Gasteiger partial charge >= 0.3 is 19.8 Å². The Labute approximate surface area is 327 Å². The first-order valence-electron chi connectivity index (χ1n) is 22.3. The lowest BCUT2D eigenvalue weighted by Crippen LogP contribution is -2.37. The molecule has 10 heteroatoms. The van der Waals surface area contributed by atoms with E-state index >= 15 is 0 Å². The van der Waals surface area contributed by atoms with Gasteiger partial charge in [-0.25, -0.2) is 4.57 Å². The number of likely N-dealkylation sites (N-methyl/N-ethyl adjacent to an activating group) is 1. The van der Waals surface area contributed by atoms with E-state index in [4.69, 9.17) is 18.5 Å². The number of unbranched alkanes of at least 4 members (excludes halogenated alkanes) is 27. The van der Waals surface area contributed by atoms with Gasteiger partial charge in [0.05, 0.1) is 27.7 Å². The van der Waals surface area contributed by atoms with Crippen LogP contribution in [0.25, 0.3) is 0 Å². The van der Waals surface area contributed by atoms with Gasteiger partial charge < -0.3 is 18.9 Å². The van der Waals surface area contributed by atoms with Gasteiger partial charge in [0.25, 0.3) is 0 Å². The van der Waals surface area contributed by atoms with Crippen LogP contribution in [-0.4, -0.2) is 74.9 Å². The summed E-state index contributed by atoms with van der Waals surface area (Å²) in [4.78, 5) is 35.2. The van der Waals surface area contributed by atoms with Gasteiger partial charge in [-0.3, -0.25) is 18.6 Å². The quantitative estimate of drug-likeness (QED) is 0.0283. The highest BCUT2D eigenvalue weighted by molar-refractivity contribution is 7.47. The summed E-state index contributed by atoms with van der Waals surface area (Å²) in [5.74, 6) is -0.788. The molecule has 0 amide bonds. The minimum atomic E-state index is -4.36. The number of quaternary nitrogens is 1. The standard InChI is InChI=1S/C43H86NO8P/c1-6-8-10-12-14-16-17-18-19-20-21-22-23-24-25-26-28-30-32-34-36-43(46)52-41(40-51-53(47,48)50-38-37-44(3,4)5)39-49-42(45)35-33-31-29-27-15-13-11-9-7-2/h41H,6-40H2,1-5H3/p+1. The second-order valence-corrected chi connectivity index (χ2v) is 17.9. The zero-order valence-electron chi connectivity index (χ0n) is 35.5. The van der Waals surface area contributed by atoms with Gasteiger partial charge in [0, 0.05) is 12.8 Å². The van der Waals surface area contributed by atoms with E-state index in [1.807, 2.05) is 21.1 Å². The molecular formula is C43H87NO8P+. The summed E-state index contributed by atoms with van der Waals surface area (Å²) in [7, 11) is 1.49. The van der Waals surface area contributed by atoms with Crippen LogP contribution >= 0.6 is 7.82 Å². The summed E-state index contributed by atoms with van der Waals surface area (Å²) in [6, 6.07) is 0. The van der Waals surface area contributed by atoms with Crippen LogP contribution in [0.4, 0.5) is 0 Å². The molecule has 0 aromatic carbocycles. The molecule has 0 saturated heterocycles. The van der Waals surface area contributed by atoms with Crippen LogP contribution in [0.3, 0.4) is 0 Å². The van der Waals surface area contributed by atoms with Crippen LogP contribution in [0, 0.1) is 0 Å². The predicted octanol–water partition coefficient (Wildman–Crippen LogP) is 12.4. The molecule has 0 saturated carbocycles. The maximum atomic E-state index is 12.7. The van der Waals surface area contributed by atoms with Crippen molar-refractivity contribution >= 4 is 19.8 Å². The lowest BCUT2D eigenvalue weighted by Gasteiger charge is -2.24. The summed E-state index contributed by atoms with van der Waals surface area (Å²) in [6.45, 7) is 4.43. The Morgan fingerprint density at radius 3 is 1.21 bits per heavy atom. The van der Waals surface area contributed by atoms with E-state index in [9.17, 15) is 19.0 Å². The van der Waals surface area contributed by atoms with Crippen LogP contribution in [-0.2, 0) is 32.7 Å². The van der Waals surface area contributed by atoms with E-state index in [0.717, 1.165) is 38.5 Å². The summed E-state index contributed by atoms with van der Waals surface area (Å²) in [5.41, 5.74) is 0. The van der Waals surface area contributed by atoms with E-state index in [1.54, 1.807) is 0 Å². The zero-order chi connectivity index (χ0) is 39.3. The molecular weight excluding hydrogens is 689 g/mol. The molecule has 0 heterocycles. The highest BCUT2D eigenvalue weighted by Crippen LogP contribution is 2.43. The van der Waals surface area contributed by atoms with Crippen molar-refractivity contribution in [2.24, 2.45) is 0 Å². The third-order valence-electron chi connectivity index (χ3n) is 9.89. The van der Waals surface area contributed by atoms with Crippen molar-refractivity contribution in [2.75, 3.05) is 47.5 Å². The van der Waals surface area contributed by atoms with Gasteiger partial charge in [0.15, 0.2) is 6.10 Å². The SMILES string of the molecule is CCCCCCCCCCCCCCCCCCCCCCC(=O)OC(COC(=O)CCCCCCCCCCC)COP(=O)(O)OCC[N+](C)(C)C. The molecule has 2 atom stereocenters. The number of esters is 2. The highest BCUT2D eigenvalue weighted by atomic mass is 31.2. The number of phosphoric ester groups is 1. The largest absolute Gasteiger partial charge is 0.472 e. The fourth-order valence-corrected chi connectivity index (χ4v) is 7.11. The lowest BCUT2D eigenvalue weighted by atomic mass is 10.0. The maximum Gasteiger partial charge on any atom is 0.472 e. The number of nitrogens with zero attached hydrogens (tertiary/aromatic N) is 1. The summed E-state index contributed by atoms with van der Waals surface area (Å²) in [5, 5.41) is 0. The summed E-state index contributed by atoms with van der Waals surface area (Å²) < 4.78 is 34.2. The molecule has 0 bridgehead atoms. The first-order chi connectivity index (χ1) is 25.5.